The Hall–Kier alpha value is -2.47. The Bertz CT molecular complexity index is 798. The summed E-state index contributed by atoms with van der Waals surface area (Å²) >= 11 is 1.54. The zero-order valence-corrected chi connectivity index (χ0v) is 13.2. The molecule has 0 spiro atoms. The molecular formula is C17H15N3O2S. The van der Waals surface area contributed by atoms with Gasteiger partial charge in [-0.15, -0.1) is 11.3 Å². The van der Waals surface area contributed by atoms with Gasteiger partial charge in [-0.25, -0.2) is 4.98 Å². The molecule has 1 atom stereocenters. The average Bonchev–Trinajstić information content (AvgIpc) is 3.34. The van der Waals surface area contributed by atoms with Gasteiger partial charge in [0.05, 0.1) is 10.9 Å². The van der Waals surface area contributed by atoms with E-state index < -0.39 is 0 Å². The lowest BCUT2D eigenvalue weighted by molar-refractivity contribution is 0.0730. The average molecular weight is 325 g/mol. The molecule has 1 aliphatic rings. The van der Waals surface area contributed by atoms with Crippen LogP contribution in [0.1, 0.15) is 34.9 Å². The Labute approximate surface area is 137 Å². The van der Waals surface area contributed by atoms with Crippen molar-refractivity contribution in [2.45, 2.75) is 18.9 Å². The first kappa shape index (κ1) is 14.1. The molecule has 116 valence electrons. The van der Waals surface area contributed by atoms with Gasteiger partial charge in [-0.05, 0) is 35.9 Å². The molecule has 5 nitrogen and oxygen atoms in total. The maximum Gasteiger partial charge on any atom is 0.277 e. The van der Waals surface area contributed by atoms with Crippen LogP contribution in [0.15, 0.2) is 52.9 Å². The van der Waals surface area contributed by atoms with Crippen molar-refractivity contribution in [1.82, 2.24) is 14.9 Å². The molecule has 0 saturated carbocycles. The highest BCUT2D eigenvalue weighted by Crippen LogP contribution is 2.35. The molecular weight excluding hydrogens is 310 g/mol. The van der Waals surface area contributed by atoms with E-state index in [0.717, 1.165) is 29.8 Å². The normalized spacial score (nSPS) is 17.6. The Balaban J connectivity index is 1.66. The highest BCUT2D eigenvalue weighted by atomic mass is 32.1. The number of aromatic nitrogens is 2. The fourth-order valence-corrected chi connectivity index (χ4v) is 3.76. The number of amides is 1. The topological polar surface area (TPSA) is 59.2 Å². The molecule has 6 heteroatoms. The number of rotatable bonds is 3. The molecule has 4 rings (SSSR count). The molecule has 0 N–H and O–H groups in total. The molecule has 3 aromatic rings. The second-order valence-corrected chi connectivity index (χ2v) is 6.40. The second-order valence-electron chi connectivity index (χ2n) is 5.45. The fraction of sp³-hybridized carbons (Fsp3) is 0.235. The Morgan fingerprint density at radius 1 is 1.35 bits per heavy atom. The van der Waals surface area contributed by atoms with Gasteiger partial charge in [-0.3, -0.25) is 9.78 Å². The number of carbonyl (C=O) groups excluding carboxylic acids is 1. The minimum Gasteiger partial charge on any atom is -0.442 e. The van der Waals surface area contributed by atoms with Gasteiger partial charge in [0.1, 0.15) is 0 Å². The highest BCUT2D eigenvalue weighted by molar-refractivity contribution is 7.13. The Morgan fingerprint density at radius 3 is 3.09 bits per heavy atom. The van der Waals surface area contributed by atoms with Gasteiger partial charge in [0.2, 0.25) is 0 Å². The Kier molecular flexibility index (Phi) is 3.67. The zero-order chi connectivity index (χ0) is 15.6. The lowest BCUT2D eigenvalue weighted by atomic mass is 10.1. The van der Waals surface area contributed by atoms with Crippen LogP contribution < -0.4 is 0 Å². The van der Waals surface area contributed by atoms with Gasteiger partial charge in [0.15, 0.2) is 17.8 Å². The molecule has 0 bridgehead atoms. The SMILES string of the molecule is O=C(c1ncoc1-c1cccs1)N1CCCC1c1cccnc1. The minimum atomic E-state index is -0.0755. The number of carbonyl (C=O) groups is 1. The van der Waals surface area contributed by atoms with Gasteiger partial charge < -0.3 is 9.32 Å². The number of nitrogens with zero attached hydrogens (tertiary/aromatic N) is 3. The van der Waals surface area contributed by atoms with Crippen LogP contribution in [-0.2, 0) is 0 Å². The summed E-state index contributed by atoms with van der Waals surface area (Å²) in [6, 6.07) is 7.86. The molecule has 1 saturated heterocycles. The van der Waals surface area contributed by atoms with Crippen molar-refractivity contribution >= 4 is 17.2 Å². The lowest BCUT2D eigenvalue weighted by Crippen LogP contribution is -2.31. The molecule has 0 aromatic carbocycles. The number of hydrogen-bond acceptors (Lipinski definition) is 5. The molecule has 0 aliphatic carbocycles. The van der Waals surface area contributed by atoms with E-state index in [1.807, 2.05) is 40.7 Å². The first-order chi connectivity index (χ1) is 11.3. The largest absolute Gasteiger partial charge is 0.442 e. The van der Waals surface area contributed by atoms with Gasteiger partial charge in [0, 0.05) is 18.9 Å². The standard InChI is InChI=1S/C17H15N3O2S/c21-17(15-16(22-11-19-15)14-6-3-9-23-14)20-8-2-5-13(20)12-4-1-7-18-10-12/h1,3-4,6-7,9-11,13H,2,5,8H2. The predicted octanol–water partition coefficient (Wildman–Crippen LogP) is 3.78. The van der Waals surface area contributed by atoms with Crippen LogP contribution in [0, 0.1) is 0 Å². The quantitative estimate of drug-likeness (QED) is 0.735. The number of thiophene rings is 1. The monoisotopic (exact) mass is 325 g/mol. The van der Waals surface area contributed by atoms with Gasteiger partial charge in [-0.2, -0.15) is 0 Å². The highest BCUT2D eigenvalue weighted by Gasteiger charge is 2.33. The van der Waals surface area contributed by atoms with E-state index >= 15 is 0 Å². The summed E-state index contributed by atoms with van der Waals surface area (Å²) in [7, 11) is 0. The summed E-state index contributed by atoms with van der Waals surface area (Å²) in [4.78, 5) is 24.1. The van der Waals surface area contributed by atoms with Crippen LogP contribution in [0.2, 0.25) is 0 Å². The number of hydrogen-bond donors (Lipinski definition) is 0. The summed E-state index contributed by atoms with van der Waals surface area (Å²) in [6.07, 6.45) is 6.86. The van der Waals surface area contributed by atoms with Crippen molar-refractivity contribution in [3.8, 4) is 10.6 Å². The van der Waals surface area contributed by atoms with Gasteiger partial charge in [-0.1, -0.05) is 12.1 Å². The third kappa shape index (κ3) is 2.55. The van der Waals surface area contributed by atoms with E-state index in [1.165, 1.54) is 17.7 Å². The van der Waals surface area contributed by atoms with E-state index in [2.05, 4.69) is 9.97 Å². The first-order valence-corrected chi connectivity index (χ1v) is 8.41. The fourth-order valence-electron chi connectivity index (χ4n) is 3.05. The van der Waals surface area contributed by atoms with Crippen LogP contribution in [0.5, 0.6) is 0 Å². The van der Waals surface area contributed by atoms with Crippen LogP contribution in [0.4, 0.5) is 0 Å². The van der Waals surface area contributed by atoms with E-state index in [9.17, 15) is 4.79 Å². The maximum absolute atomic E-state index is 13.0. The molecule has 1 unspecified atom stereocenters. The number of pyridine rings is 1. The van der Waals surface area contributed by atoms with Crippen LogP contribution in [0.25, 0.3) is 10.6 Å². The van der Waals surface area contributed by atoms with Crippen LogP contribution in [0.3, 0.4) is 0 Å². The van der Waals surface area contributed by atoms with Crippen molar-refractivity contribution in [1.29, 1.82) is 0 Å². The molecule has 1 aliphatic heterocycles. The van der Waals surface area contributed by atoms with E-state index in [1.54, 1.807) is 6.20 Å². The van der Waals surface area contributed by atoms with Crippen molar-refractivity contribution in [2.75, 3.05) is 6.54 Å². The van der Waals surface area contributed by atoms with Crippen molar-refractivity contribution in [2.24, 2.45) is 0 Å². The van der Waals surface area contributed by atoms with E-state index in [-0.39, 0.29) is 11.9 Å². The molecule has 23 heavy (non-hydrogen) atoms. The summed E-state index contributed by atoms with van der Waals surface area (Å²) in [5.41, 5.74) is 1.46. The van der Waals surface area contributed by atoms with Gasteiger partial charge in [0.25, 0.3) is 5.91 Å². The molecule has 4 heterocycles. The summed E-state index contributed by atoms with van der Waals surface area (Å²) in [6.45, 7) is 0.731. The lowest BCUT2D eigenvalue weighted by Gasteiger charge is -2.24. The summed E-state index contributed by atoms with van der Waals surface area (Å²) < 4.78 is 5.47. The number of likely N-dealkylation sites (tertiary alicyclic amines) is 1. The molecule has 1 amide bonds. The summed E-state index contributed by atoms with van der Waals surface area (Å²) in [5.74, 6) is 0.482. The van der Waals surface area contributed by atoms with Crippen molar-refractivity contribution in [3.63, 3.8) is 0 Å². The van der Waals surface area contributed by atoms with Crippen LogP contribution >= 0.6 is 11.3 Å². The molecule has 1 fully saturated rings. The smallest absolute Gasteiger partial charge is 0.277 e. The maximum atomic E-state index is 13.0. The van der Waals surface area contributed by atoms with E-state index in [0.29, 0.717) is 11.5 Å². The van der Waals surface area contributed by atoms with Gasteiger partial charge >= 0.3 is 0 Å². The van der Waals surface area contributed by atoms with Crippen molar-refractivity contribution < 1.29 is 9.21 Å². The van der Waals surface area contributed by atoms with E-state index in [4.69, 9.17) is 4.42 Å². The molecule has 3 aromatic heterocycles. The van der Waals surface area contributed by atoms with Crippen molar-refractivity contribution in [3.05, 3.63) is 59.7 Å². The molecule has 0 radical (unpaired) electrons. The zero-order valence-electron chi connectivity index (χ0n) is 12.4. The third-order valence-corrected chi connectivity index (χ3v) is 4.97. The number of oxazole rings is 1. The Morgan fingerprint density at radius 2 is 2.30 bits per heavy atom. The predicted molar refractivity (Wildman–Crippen MR) is 87.1 cm³/mol. The van der Waals surface area contributed by atoms with Crippen LogP contribution in [-0.4, -0.2) is 27.3 Å². The first-order valence-electron chi connectivity index (χ1n) is 7.53. The third-order valence-electron chi connectivity index (χ3n) is 4.10. The summed E-state index contributed by atoms with van der Waals surface area (Å²) in [5, 5.41) is 1.96. The second kappa shape index (κ2) is 5.96. The minimum absolute atomic E-state index is 0.0593.